The predicted octanol–water partition coefficient (Wildman–Crippen LogP) is 15.9. The third-order valence-electron chi connectivity index (χ3n) is 12.3. The van der Waals surface area contributed by atoms with Gasteiger partial charge in [-0.05, 0) is 97.0 Å². The highest BCUT2D eigenvalue weighted by atomic mass is 32.1. The zero-order valence-corrected chi connectivity index (χ0v) is 34.0. The molecule has 0 bridgehead atoms. The molecule has 0 N–H and O–H groups in total. The third-order valence-corrected chi connectivity index (χ3v) is 13.5. The van der Waals surface area contributed by atoms with E-state index in [1.54, 1.807) is 11.3 Å². The molecular weight excluding hydrogens is 775 g/mol. The van der Waals surface area contributed by atoms with E-state index in [1.165, 1.54) is 58.1 Å². The molecule has 3 heterocycles. The van der Waals surface area contributed by atoms with Crippen LogP contribution in [0.15, 0.2) is 205 Å². The van der Waals surface area contributed by atoms with Crippen molar-refractivity contribution >= 4 is 85.8 Å². The van der Waals surface area contributed by atoms with Gasteiger partial charge in [-0.1, -0.05) is 158 Å². The zero-order valence-electron chi connectivity index (χ0n) is 33.2. The summed E-state index contributed by atoms with van der Waals surface area (Å²) in [6.07, 6.45) is 0. The summed E-state index contributed by atoms with van der Waals surface area (Å²) in [5.74, 6) is 1.91. The van der Waals surface area contributed by atoms with Crippen LogP contribution >= 0.6 is 11.3 Å². The van der Waals surface area contributed by atoms with Crippen LogP contribution in [0, 0.1) is 0 Å². The van der Waals surface area contributed by atoms with Gasteiger partial charge in [0, 0.05) is 47.6 Å². The highest BCUT2D eigenvalue weighted by Crippen LogP contribution is 2.43. The van der Waals surface area contributed by atoms with Crippen molar-refractivity contribution < 1.29 is 4.42 Å². The number of hydrogen-bond donors (Lipinski definition) is 0. The summed E-state index contributed by atoms with van der Waals surface area (Å²) in [5.41, 5.74) is 9.00. The monoisotopic (exact) mass is 807 g/mol. The average Bonchev–Trinajstić information content (AvgIpc) is 3.92. The molecule has 0 amide bonds. The van der Waals surface area contributed by atoms with Crippen LogP contribution in [0.3, 0.4) is 0 Å². The minimum Gasteiger partial charge on any atom is -0.456 e. The maximum atomic E-state index is 6.55. The highest BCUT2D eigenvalue weighted by Gasteiger charge is 2.19. The average molecular weight is 808 g/mol. The van der Waals surface area contributed by atoms with Gasteiger partial charge in [-0.15, -0.1) is 11.3 Å². The number of benzene rings is 10. The summed E-state index contributed by atoms with van der Waals surface area (Å²) in [4.78, 5) is 15.5. The van der Waals surface area contributed by atoms with Crippen LogP contribution in [0.5, 0.6) is 0 Å². The molecule has 0 saturated heterocycles. The van der Waals surface area contributed by atoms with E-state index in [4.69, 9.17) is 19.4 Å². The second kappa shape index (κ2) is 13.8. The Kier molecular flexibility index (Phi) is 7.74. The molecule has 0 spiro atoms. The van der Waals surface area contributed by atoms with Gasteiger partial charge < -0.3 is 4.42 Å². The molecule has 13 rings (SSSR count). The maximum absolute atomic E-state index is 6.55. The first-order valence-electron chi connectivity index (χ1n) is 20.8. The Balaban J connectivity index is 0.957. The molecule has 0 aliphatic carbocycles. The number of fused-ring (bicyclic) bond motifs is 12. The molecule has 0 atom stereocenters. The molecule has 62 heavy (non-hydrogen) atoms. The van der Waals surface area contributed by atoms with Gasteiger partial charge in [-0.3, -0.25) is 0 Å². The molecule has 13 aromatic rings. The normalized spacial score (nSPS) is 11.9. The number of furan rings is 1. The summed E-state index contributed by atoms with van der Waals surface area (Å²) in [5, 5.41) is 12.2. The van der Waals surface area contributed by atoms with Crippen LogP contribution in [0.25, 0.3) is 131 Å². The van der Waals surface area contributed by atoms with Gasteiger partial charge >= 0.3 is 0 Å². The molecule has 0 aliphatic heterocycles. The topological polar surface area (TPSA) is 51.8 Å². The van der Waals surface area contributed by atoms with Gasteiger partial charge in [0.25, 0.3) is 0 Å². The summed E-state index contributed by atoms with van der Waals surface area (Å²) < 4.78 is 8.96. The van der Waals surface area contributed by atoms with E-state index >= 15 is 0 Å². The lowest BCUT2D eigenvalue weighted by Gasteiger charge is -2.12. The Morgan fingerprint density at radius 1 is 0.306 bits per heavy atom. The Bertz CT molecular complexity index is 3910. The van der Waals surface area contributed by atoms with E-state index in [-0.39, 0.29) is 0 Å². The molecule has 0 saturated carbocycles. The molecule has 0 aliphatic rings. The number of nitrogens with zero attached hydrogens (tertiary/aromatic N) is 3. The van der Waals surface area contributed by atoms with Gasteiger partial charge in [0.2, 0.25) is 0 Å². The first-order valence-corrected chi connectivity index (χ1v) is 21.7. The fraction of sp³-hybridized carbons (Fsp3) is 0. The Labute approximate surface area is 360 Å². The largest absolute Gasteiger partial charge is 0.456 e. The fourth-order valence-corrected chi connectivity index (χ4v) is 10.6. The van der Waals surface area contributed by atoms with Gasteiger partial charge in [0.15, 0.2) is 17.5 Å². The minimum absolute atomic E-state index is 0.622. The van der Waals surface area contributed by atoms with Crippen LogP contribution in [-0.4, -0.2) is 15.0 Å². The van der Waals surface area contributed by atoms with Crippen LogP contribution in [0.2, 0.25) is 0 Å². The number of rotatable bonds is 5. The molecule has 0 radical (unpaired) electrons. The number of hydrogen-bond acceptors (Lipinski definition) is 5. The van der Waals surface area contributed by atoms with Crippen molar-refractivity contribution in [1.29, 1.82) is 0 Å². The SMILES string of the molecule is c1ccc(-c2nc(-c3cccc(-c4cccc5oc6ccc(-c7ccc8c9ccccc9c9ccccc9c8c7)cc6c45)c3)nc(-c3cccc4c3sc3ccccc34)n2)cc1. The predicted molar refractivity (Wildman–Crippen MR) is 260 cm³/mol. The summed E-state index contributed by atoms with van der Waals surface area (Å²) >= 11 is 1.78. The van der Waals surface area contributed by atoms with E-state index in [0.29, 0.717) is 17.5 Å². The first kappa shape index (κ1) is 34.8. The van der Waals surface area contributed by atoms with E-state index in [0.717, 1.165) is 55.3 Å². The second-order valence-corrected chi connectivity index (χ2v) is 16.9. The molecular formula is C57H33N3OS. The lowest BCUT2D eigenvalue weighted by atomic mass is 9.91. The molecule has 4 nitrogen and oxygen atoms in total. The van der Waals surface area contributed by atoms with Crippen molar-refractivity contribution in [3.8, 4) is 56.4 Å². The fourth-order valence-electron chi connectivity index (χ4n) is 9.43. The quantitative estimate of drug-likeness (QED) is 0.163. The molecule has 5 heteroatoms. The Hall–Kier alpha value is -7.99. The van der Waals surface area contributed by atoms with E-state index in [2.05, 4.69) is 182 Å². The number of aromatic nitrogens is 3. The molecule has 0 unspecified atom stereocenters. The van der Waals surface area contributed by atoms with E-state index in [9.17, 15) is 0 Å². The Morgan fingerprint density at radius 2 is 0.855 bits per heavy atom. The van der Waals surface area contributed by atoms with Crippen molar-refractivity contribution in [3.63, 3.8) is 0 Å². The van der Waals surface area contributed by atoms with Crippen LogP contribution in [0.1, 0.15) is 0 Å². The molecule has 0 fully saturated rings. The second-order valence-electron chi connectivity index (χ2n) is 15.9. The first-order chi connectivity index (χ1) is 30.7. The van der Waals surface area contributed by atoms with Crippen molar-refractivity contribution in [2.24, 2.45) is 0 Å². The standard InChI is InChI=1S/C57H33N3OS/c1-2-13-34(14-3-1)55-58-56(60-57(59-55)47-24-11-23-46-45-21-8-9-26-52(45)62-54(46)47)38-16-10-15-37(31-38)39-22-12-25-51-53(39)49-33-36(28-30-50(49)61-51)35-27-29-44-42-19-5-4-17-40(42)41-18-6-7-20-43(41)48(44)32-35/h1-33H. The summed E-state index contributed by atoms with van der Waals surface area (Å²) in [6.45, 7) is 0. The minimum atomic E-state index is 0.622. The van der Waals surface area contributed by atoms with Crippen LogP contribution in [0.4, 0.5) is 0 Å². The van der Waals surface area contributed by atoms with Crippen LogP contribution < -0.4 is 0 Å². The lowest BCUT2D eigenvalue weighted by Crippen LogP contribution is -2.00. The van der Waals surface area contributed by atoms with E-state index in [1.807, 2.05) is 18.2 Å². The smallest absolute Gasteiger partial charge is 0.165 e. The van der Waals surface area contributed by atoms with Crippen molar-refractivity contribution in [3.05, 3.63) is 200 Å². The van der Waals surface area contributed by atoms with Gasteiger partial charge in [-0.2, -0.15) is 0 Å². The molecule has 288 valence electrons. The number of thiophene rings is 1. The van der Waals surface area contributed by atoms with Crippen molar-refractivity contribution in [2.75, 3.05) is 0 Å². The third kappa shape index (κ3) is 5.49. The summed E-state index contributed by atoms with van der Waals surface area (Å²) in [6, 6.07) is 71.0. The van der Waals surface area contributed by atoms with E-state index < -0.39 is 0 Å². The van der Waals surface area contributed by atoms with Gasteiger partial charge in [0.1, 0.15) is 11.2 Å². The highest BCUT2D eigenvalue weighted by molar-refractivity contribution is 7.26. The maximum Gasteiger partial charge on any atom is 0.165 e. The van der Waals surface area contributed by atoms with Crippen molar-refractivity contribution in [2.45, 2.75) is 0 Å². The molecule has 10 aromatic carbocycles. The van der Waals surface area contributed by atoms with Crippen molar-refractivity contribution in [1.82, 2.24) is 15.0 Å². The van der Waals surface area contributed by atoms with Gasteiger partial charge in [-0.25, -0.2) is 15.0 Å². The lowest BCUT2D eigenvalue weighted by molar-refractivity contribution is 0.669. The zero-order chi connectivity index (χ0) is 40.7. The van der Waals surface area contributed by atoms with Gasteiger partial charge in [0.05, 0.1) is 0 Å². The van der Waals surface area contributed by atoms with Crippen LogP contribution in [-0.2, 0) is 0 Å². The molecule has 3 aromatic heterocycles. The summed E-state index contributed by atoms with van der Waals surface area (Å²) in [7, 11) is 0. The Morgan fingerprint density at radius 3 is 1.65 bits per heavy atom.